The summed E-state index contributed by atoms with van der Waals surface area (Å²) in [5.74, 6) is 0. The van der Waals surface area contributed by atoms with Gasteiger partial charge in [-0.3, -0.25) is 4.68 Å². The molecule has 1 N–H and O–H groups in total. The lowest BCUT2D eigenvalue weighted by Crippen LogP contribution is -2.18. The van der Waals surface area contributed by atoms with E-state index in [1.807, 2.05) is 10.7 Å². The second kappa shape index (κ2) is 7.82. The summed E-state index contributed by atoms with van der Waals surface area (Å²) < 4.78 is 7.06. The summed E-state index contributed by atoms with van der Waals surface area (Å²) in [5, 5.41) is 7.92. The lowest BCUT2D eigenvalue weighted by Gasteiger charge is -2.02. The normalized spacial score (nSPS) is 10.9. The number of hydrogen-bond donors (Lipinski definition) is 1. The molecule has 20 heavy (non-hydrogen) atoms. The van der Waals surface area contributed by atoms with Crippen LogP contribution >= 0.6 is 0 Å². The Kier molecular flexibility index (Phi) is 5.77. The summed E-state index contributed by atoms with van der Waals surface area (Å²) in [6.45, 7) is 5.43. The van der Waals surface area contributed by atoms with E-state index in [1.54, 1.807) is 7.11 Å². The van der Waals surface area contributed by atoms with Crippen molar-refractivity contribution in [2.45, 2.75) is 26.4 Å². The van der Waals surface area contributed by atoms with Crippen molar-refractivity contribution in [1.82, 2.24) is 15.1 Å². The molecule has 0 unspecified atom stereocenters. The Balaban J connectivity index is 1.84. The molecule has 0 aliphatic heterocycles. The molecule has 1 aromatic heterocycles. The van der Waals surface area contributed by atoms with Crippen molar-refractivity contribution in [3.05, 3.63) is 53.3 Å². The van der Waals surface area contributed by atoms with E-state index in [4.69, 9.17) is 4.74 Å². The molecular weight excluding hydrogens is 250 g/mol. The van der Waals surface area contributed by atoms with E-state index in [1.165, 1.54) is 11.1 Å². The third-order valence-electron chi connectivity index (χ3n) is 3.32. The first-order valence-electron chi connectivity index (χ1n) is 7.06. The standard InChI is InChI=1S/C16H23N3O/c1-14-16(12-17-9-11-20-2)13-19(18-14)10-8-15-6-4-3-5-7-15/h3-7,13,17H,8-12H2,1-2H3. The average Bonchev–Trinajstić information content (AvgIpc) is 2.83. The number of rotatable bonds is 8. The second-order valence-corrected chi connectivity index (χ2v) is 4.91. The zero-order valence-corrected chi connectivity index (χ0v) is 12.3. The quantitative estimate of drug-likeness (QED) is 0.749. The van der Waals surface area contributed by atoms with Crippen LogP contribution in [0.5, 0.6) is 0 Å². The number of benzene rings is 1. The molecule has 4 nitrogen and oxygen atoms in total. The van der Waals surface area contributed by atoms with E-state index in [9.17, 15) is 0 Å². The maximum absolute atomic E-state index is 5.02. The number of nitrogens with zero attached hydrogens (tertiary/aromatic N) is 2. The van der Waals surface area contributed by atoms with E-state index in [2.05, 4.69) is 47.8 Å². The fourth-order valence-electron chi connectivity index (χ4n) is 2.13. The van der Waals surface area contributed by atoms with Crippen LogP contribution < -0.4 is 5.32 Å². The monoisotopic (exact) mass is 273 g/mol. The lowest BCUT2D eigenvalue weighted by molar-refractivity contribution is 0.199. The highest BCUT2D eigenvalue weighted by Gasteiger charge is 2.04. The Bertz CT molecular complexity index is 508. The van der Waals surface area contributed by atoms with E-state index in [0.29, 0.717) is 0 Å². The average molecular weight is 273 g/mol. The van der Waals surface area contributed by atoms with Crippen molar-refractivity contribution < 1.29 is 4.74 Å². The fraction of sp³-hybridized carbons (Fsp3) is 0.438. The molecule has 0 amide bonds. The van der Waals surface area contributed by atoms with Crippen molar-refractivity contribution in [3.8, 4) is 0 Å². The van der Waals surface area contributed by atoms with Crippen LogP contribution in [0.15, 0.2) is 36.5 Å². The van der Waals surface area contributed by atoms with Gasteiger partial charge < -0.3 is 10.1 Å². The van der Waals surface area contributed by atoms with Gasteiger partial charge in [0.2, 0.25) is 0 Å². The van der Waals surface area contributed by atoms with E-state index in [0.717, 1.165) is 38.4 Å². The highest BCUT2D eigenvalue weighted by atomic mass is 16.5. The fourth-order valence-corrected chi connectivity index (χ4v) is 2.13. The van der Waals surface area contributed by atoms with Crippen LogP contribution in [-0.2, 0) is 24.2 Å². The topological polar surface area (TPSA) is 39.1 Å². The van der Waals surface area contributed by atoms with Crippen LogP contribution in [-0.4, -0.2) is 30.0 Å². The second-order valence-electron chi connectivity index (χ2n) is 4.91. The van der Waals surface area contributed by atoms with Gasteiger partial charge in [-0.25, -0.2) is 0 Å². The maximum atomic E-state index is 5.02. The maximum Gasteiger partial charge on any atom is 0.0638 e. The van der Waals surface area contributed by atoms with Crippen LogP contribution in [0.4, 0.5) is 0 Å². The predicted octanol–water partition coefficient (Wildman–Crippen LogP) is 2.17. The van der Waals surface area contributed by atoms with Crippen molar-refractivity contribution in [2.75, 3.05) is 20.3 Å². The Hall–Kier alpha value is -1.65. The van der Waals surface area contributed by atoms with Gasteiger partial charge in [0, 0.05) is 38.5 Å². The predicted molar refractivity (Wildman–Crippen MR) is 80.7 cm³/mol. The van der Waals surface area contributed by atoms with Gasteiger partial charge in [0.05, 0.1) is 12.3 Å². The minimum Gasteiger partial charge on any atom is -0.383 e. The van der Waals surface area contributed by atoms with Gasteiger partial charge in [-0.2, -0.15) is 5.10 Å². The van der Waals surface area contributed by atoms with Crippen molar-refractivity contribution in [2.24, 2.45) is 0 Å². The molecule has 2 aromatic rings. The summed E-state index contributed by atoms with van der Waals surface area (Å²) in [4.78, 5) is 0. The summed E-state index contributed by atoms with van der Waals surface area (Å²) in [5.41, 5.74) is 3.71. The number of hydrogen-bond acceptors (Lipinski definition) is 3. The molecule has 0 bridgehead atoms. The summed E-state index contributed by atoms with van der Waals surface area (Å²) >= 11 is 0. The van der Waals surface area contributed by atoms with Crippen LogP contribution in [0.1, 0.15) is 16.8 Å². The minimum absolute atomic E-state index is 0.737. The van der Waals surface area contributed by atoms with Gasteiger partial charge in [-0.1, -0.05) is 30.3 Å². The van der Waals surface area contributed by atoms with E-state index in [-0.39, 0.29) is 0 Å². The number of methoxy groups -OCH3 is 1. The zero-order valence-electron chi connectivity index (χ0n) is 12.3. The third kappa shape index (κ3) is 4.47. The number of nitrogens with one attached hydrogen (secondary N) is 1. The van der Waals surface area contributed by atoms with Crippen molar-refractivity contribution >= 4 is 0 Å². The van der Waals surface area contributed by atoms with Crippen LogP contribution in [0.25, 0.3) is 0 Å². The number of aromatic nitrogens is 2. The molecule has 0 aliphatic rings. The summed E-state index contributed by atoms with van der Waals surface area (Å²) in [7, 11) is 1.72. The highest BCUT2D eigenvalue weighted by molar-refractivity contribution is 5.16. The molecule has 0 radical (unpaired) electrons. The molecule has 0 spiro atoms. The van der Waals surface area contributed by atoms with Gasteiger partial charge in [-0.15, -0.1) is 0 Å². The highest BCUT2D eigenvalue weighted by Crippen LogP contribution is 2.07. The molecule has 2 rings (SSSR count). The van der Waals surface area contributed by atoms with Gasteiger partial charge in [0.15, 0.2) is 0 Å². The Morgan fingerprint density at radius 3 is 2.80 bits per heavy atom. The van der Waals surface area contributed by atoms with Crippen LogP contribution in [0.3, 0.4) is 0 Å². The van der Waals surface area contributed by atoms with Crippen LogP contribution in [0, 0.1) is 6.92 Å². The number of ether oxygens (including phenoxy) is 1. The third-order valence-corrected chi connectivity index (χ3v) is 3.32. The minimum atomic E-state index is 0.737. The van der Waals surface area contributed by atoms with Crippen LogP contribution in [0.2, 0.25) is 0 Å². The lowest BCUT2D eigenvalue weighted by atomic mass is 10.1. The van der Waals surface area contributed by atoms with Crippen molar-refractivity contribution in [1.29, 1.82) is 0 Å². The summed E-state index contributed by atoms with van der Waals surface area (Å²) in [6, 6.07) is 10.5. The van der Waals surface area contributed by atoms with E-state index >= 15 is 0 Å². The molecule has 1 aromatic carbocycles. The molecule has 0 aliphatic carbocycles. The smallest absolute Gasteiger partial charge is 0.0638 e. The first kappa shape index (κ1) is 14.8. The molecule has 0 fully saturated rings. The van der Waals surface area contributed by atoms with Gasteiger partial charge in [-0.05, 0) is 18.9 Å². The zero-order chi connectivity index (χ0) is 14.2. The first-order chi connectivity index (χ1) is 9.79. The first-order valence-corrected chi connectivity index (χ1v) is 7.06. The van der Waals surface area contributed by atoms with Crippen molar-refractivity contribution in [3.63, 3.8) is 0 Å². The summed E-state index contributed by atoms with van der Waals surface area (Å²) in [6.07, 6.45) is 3.15. The molecule has 4 heteroatoms. The largest absolute Gasteiger partial charge is 0.383 e. The molecule has 0 saturated carbocycles. The van der Waals surface area contributed by atoms with Gasteiger partial charge in [0.25, 0.3) is 0 Å². The Morgan fingerprint density at radius 2 is 2.05 bits per heavy atom. The Labute approximate surface area is 120 Å². The molecule has 0 atom stereocenters. The van der Waals surface area contributed by atoms with E-state index < -0.39 is 0 Å². The molecular formula is C16H23N3O. The molecule has 1 heterocycles. The Morgan fingerprint density at radius 1 is 1.25 bits per heavy atom. The molecule has 108 valence electrons. The SMILES string of the molecule is COCCNCc1cn(CCc2ccccc2)nc1C. The molecule has 0 saturated heterocycles. The van der Waals surface area contributed by atoms with Gasteiger partial charge >= 0.3 is 0 Å². The van der Waals surface area contributed by atoms with Gasteiger partial charge in [0.1, 0.15) is 0 Å². The number of aryl methyl sites for hydroxylation is 3.